The van der Waals surface area contributed by atoms with E-state index < -0.39 is 52.7 Å². The Balaban J connectivity index is 1.64. The van der Waals surface area contributed by atoms with E-state index in [1.54, 1.807) is 42.6 Å². The number of carbonyl (C=O) groups is 3. The first-order chi connectivity index (χ1) is 18.7. The number of hydrogen-bond donors (Lipinski definition) is 0. The van der Waals surface area contributed by atoms with Crippen molar-refractivity contribution in [2.45, 2.75) is 37.6 Å². The van der Waals surface area contributed by atoms with E-state index in [9.17, 15) is 18.8 Å². The lowest BCUT2D eigenvalue weighted by Crippen LogP contribution is -2.58. The molecular formula is C30H25FN2O6. The molecule has 1 spiro atoms. The van der Waals surface area contributed by atoms with Crippen LogP contribution in [0.25, 0.3) is 0 Å². The summed E-state index contributed by atoms with van der Waals surface area (Å²) in [5.41, 5.74) is 0.0914. The van der Waals surface area contributed by atoms with Crippen molar-refractivity contribution in [3.8, 4) is 5.75 Å². The first kappa shape index (κ1) is 24.8. The number of ketones is 1. The van der Waals surface area contributed by atoms with Crippen molar-refractivity contribution in [1.29, 1.82) is 0 Å². The summed E-state index contributed by atoms with van der Waals surface area (Å²) in [5.74, 6) is -4.54. The zero-order valence-corrected chi connectivity index (χ0v) is 21.5. The number of methoxy groups -OCH3 is 1. The van der Waals surface area contributed by atoms with Gasteiger partial charge in [-0.3, -0.25) is 19.4 Å². The quantitative estimate of drug-likeness (QED) is 0.282. The SMILES string of the molecule is COc1ccc([C@@H]2[C@@H](C(=O)c3ccc(F)cc3)N3N=Cc4ccccc4[C@@H]3C23C(=O)OC(C)(C)OC3=O)cc1. The second-order valence-electron chi connectivity index (χ2n) is 10.3. The third-order valence-corrected chi connectivity index (χ3v) is 7.63. The molecule has 39 heavy (non-hydrogen) atoms. The van der Waals surface area contributed by atoms with Crippen molar-refractivity contribution < 1.29 is 33.0 Å². The molecule has 0 bridgehead atoms. The monoisotopic (exact) mass is 528 g/mol. The Kier molecular flexibility index (Phi) is 5.57. The lowest BCUT2D eigenvalue weighted by Gasteiger charge is -2.44. The van der Waals surface area contributed by atoms with Gasteiger partial charge in [0.2, 0.25) is 5.41 Å². The van der Waals surface area contributed by atoms with Crippen molar-refractivity contribution in [2.24, 2.45) is 10.5 Å². The van der Waals surface area contributed by atoms with Crippen LogP contribution in [0.5, 0.6) is 5.75 Å². The molecule has 0 radical (unpaired) electrons. The Hall–Kier alpha value is -4.53. The molecule has 0 unspecified atom stereocenters. The van der Waals surface area contributed by atoms with Gasteiger partial charge in [-0.05, 0) is 53.1 Å². The van der Waals surface area contributed by atoms with Crippen LogP contribution in [0.1, 0.15) is 52.9 Å². The summed E-state index contributed by atoms with van der Waals surface area (Å²) in [6.07, 6.45) is 1.60. The third kappa shape index (κ3) is 3.64. The molecule has 2 saturated heterocycles. The summed E-state index contributed by atoms with van der Waals surface area (Å²) in [5, 5.41) is 6.12. The minimum Gasteiger partial charge on any atom is -0.497 e. The Morgan fingerprint density at radius 1 is 0.949 bits per heavy atom. The second-order valence-corrected chi connectivity index (χ2v) is 10.3. The molecule has 0 saturated carbocycles. The van der Waals surface area contributed by atoms with Crippen LogP contribution in [-0.2, 0) is 19.1 Å². The molecule has 0 aliphatic carbocycles. The van der Waals surface area contributed by atoms with Gasteiger partial charge in [-0.1, -0.05) is 36.4 Å². The average molecular weight is 529 g/mol. The van der Waals surface area contributed by atoms with Crippen LogP contribution >= 0.6 is 0 Å². The van der Waals surface area contributed by atoms with Crippen LogP contribution in [0.4, 0.5) is 4.39 Å². The molecule has 0 aromatic heterocycles. The Morgan fingerprint density at radius 2 is 1.59 bits per heavy atom. The molecule has 3 atom stereocenters. The fraction of sp³-hybridized carbons (Fsp3) is 0.267. The predicted octanol–water partition coefficient (Wildman–Crippen LogP) is 4.40. The van der Waals surface area contributed by atoms with Gasteiger partial charge in [0, 0.05) is 25.3 Å². The van der Waals surface area contributed by atoms with Crippen LogP contribution in [0.3, 0.4) is 0 Å². The van der Waals surface area contributed by atoms with Gasteiger partial charge < -0.3 is 14.2 Å². The maximum atomic E-state index is 14.2. The average Bonchev–Trinajstić information content (AvgIpc) is 3.24. The molecule has 3 aromatic carbocycles. The van der Waals surface area contributed by atoms with Crippen LogP contribution in [-0.4, -0.2) is 47.9 Å². The predicted molar refractivity (Wildman–Crippen MR) is 138 cm³/mol. The third-order valence-electron chi connectivity index (χ3n) is 7.63. The minimum atomic E-state index is -1.97. The van der Waals surface area contributed by atoms with Crippen LogP contribution < -0.4 is 4.74 Å². The van der Waals surface area contributed by atoms with Gasteiger partial charge in [0.25, 0.3) is 5.79 Å². The number of carbonyl (C=O) groups excluding carboxylic acids is 3. The Labute approximate surface area is 224 Å². The highest BCUT2D eigenvalue weighted by molar-refractivity contribution is 6.09. The van der Waals surface area contributed by atoms with Gasteiger partial charge in [-0.25, -0.2) is 4.39 Å². The van der Waals surface area contributed by atoms with Crippen LogP contribution in [0.2, 0.25) is 0 Å². The number of hydrazone groups is 1. The van der Waals surface area contributed by atoms with E-state index in [0.717, 1.165) is 0 Å². The summed E-state index contributed by atoms with van der Waals surface area (Å²) in [6.45, 7) is 2.97. The number of nitrogens with zero attached hydrogens (tertiary/aromatic N) is 2. The van der Waals surface area contributed by atoms with Crippen molar-refractivity contribution >= 4 is 23.9 Å². The Morgan fingerprint density at radius 3 is 2.23 bits per heavy atom. The number of Topliss-reactive ketones (excluding diaryl/α,β-unsaturated/α-hetero) is 1. The van der Waals surface area contributed by atoms with E-state index in [4.69, 9.17) is 14.2 Å². The number of hydrogen-bond acceptors (Lipinski definition) is 8. The first-order valence-electron chi connectivity index (χ1n) is 12.5. The van der Waals surface area contributed by atoms with Crippen LogP contribution in [0.15, 0.2) is 77.9 Å². The standard InChI is InChI=1S/C30H25FN2O6/c1-29(2)38-27(35)30(28(36)39-29)23(17-10-14-21(37-3)15-11-17)24(25(34)18-8-12-20(31)13-9-18)33-26(30)22-7-5-4-6-19(22)16-32-33/h4-16,23-24,26H,1-3H3/t23-,24+,26-/m1/s1. The smallest absolute Gasteiger partial charge is 0.330 e. The molecule has 3 heterocycles. The molecule has 3 aliphatic heterocycles. The number of ether oxygens (including phenoxy) is 3. The van der Waals surface area contributed by atoms with E-state index in [0.29, 0.717) is 22.4 Å². The summed E-state index contributed by atoms with van der Waals surface area (Å²) in [6, 6.07) is 17.1. The molecule has 198 valence electrons. The van der Waals surface area contributed by atoms with Gasteiger partial charge in [-0.15, -0.1) is 0 Å². The molecular weight excluding hydrogens is 503 g/mol. The molecule has 3 aromatic rings. The summed E-state index contributed by atoms with van der Waals surface area (Å²) in [4.78, 5) is 42.6. The van der Waals surface area contributed by atoms with Gasteiger partial charge >= 0.3 is 11.9 Å². The van der Waals surface area contributed by atoms with E-state index in [-0.39, 0.29) is 5.56 Å². The fourth-order valence-electron chi connectivity index (χ4n) is 5.98. The van der Waals surface area contributed by atoms with E-state index in [1.165, 1.54) is 50.2 Å². The summed E-state index contributed by atoms with van der Waals surface area (Å²) >= 11 is 0. The maximum Gasteiger partial charge on any atom is 0.330 e. The lowest BCUT2D eigenvalue weighted by molar-refractivity contribution is -0.254. The van der Waals surface area contributed by atoms with E-state index in [2.05, 4.69) is 5.10 Å². The van der Waals surface area contributed by atoms with Gasteiger partial charge in [-0.2, -0.15) is 5.10 Å². The van der Waals surface area contributed by atoms with Gasteiger partial charge in [0.1, 0.15) is 23.7 Å². The summed E-state index contributed by atoms with van der Waals surface area (Å²) in [7, 11) is 1.52. The van der Waals surface area contributed by atoms with Crippen LogP contribution in [0, 0.1) is 11.2 Å². The number of halogens is 1. The van der Waals surface area contributed by atoms with Crippen molar-refractivity contribution in [3.05, 3.63) is 101 Å². The van der Waals surface area contributed by atoms with E-state index in [1.807, 2.05) is 12.1 Å². The van der Waals surface area contributed by atoms with E-state index >= 15 is 0 Å². The molecule has 0 N–H and O–H groups in total. The molecule has 9 heteroatoms. The van der Waals surface area contributed by atoms with Crippen molar-refractivity contribution in [3.63, 3.8) is 0 Å². The Bertz CT molecular complexity index is 1500. The topological polar surface area (TPSA) is 94.5 Å². The maximum absolute atomic E-state index is 14.2. The normalized spacial score (nSPS) is 24.0. The number of benzene rings is 3. The van der Waals surface area contributed by atoms with Gasteiger partial charge in [0.05, 0.1) is 13.3 Å². The second kappa shape index (κ2) is 8.76. The summed E-state index contributed by atoms with van der Waals surface area (Å²) < 4.78 is 30.6. The lowest BCUT2D eigenvalue weighted by atomic mass is 9.65. The zero-order chi connectivity index (χ0) is 27.5. The molecule has 3 aliphatic rings. The minimum absolute atomic E-state index is 0.211. The molecule has 2 fully saturated rings. The number of cyclic esters (lactones) is 2. The van der Waals surface area contributed by atoms with Gasteiger partial charge in [0.15, 0.2) is 5.78 Å². The number of esters is 2. The van der Waals surface area contributed by atoms with Crippen molar-refractivity contribution in [2.75, 3.05) is 7.11 Å². The highest BCUT2D eigenvalue weighted by Crippen LogP contribution is 2.63. The first-order valence-corrected chi connectivity index (χ1v) is 12.5. The molecule has 0 amide bonds. The van der Waals surface area contributed by atoms with Crippen molar-refractivity contribution in [1.82, 2.24) is 5.01 Å². The zero-order valence-electron chi connectivity index (χ0n) is 21.5. The largest absolute Gasteiger partial charge is 0.497 e. The number of fused-ring (bicyclic) bond motifs is 4. The molecule has 6 rings (SSSR count). The number of rotatable bonds is 4. The molecule has 8 nitrogen and oxygen atoms in total. The highest BCUT2D eigenvalue weighted by Gasteiger charge is 2.75. The fourth-order valence-corrected chi connectivity index (χ4v) is 5.98. The highest BCUT2D eigenvalue weighted by atomic mass is 19.1.